The van der Waals surface area contributed by atoms with Crippen LogP contribution in [0.5, 0.6) is 0 Å². The Balaban J connectivity index is 3.02. The minimum absolute atomic E-state index is 0.0968. The largest absolute Gasteiger partial charge is 0.368 e. The molecule has 0 aliphatic rings. The molecule has 96 valence electrons. The smallest absolute Gasteiger partial charge is 0.168 e. The zero-order valence-corrected chi connectivity index (χ0v) is 10.7. The van der Waals surface area contributed by atoms with E-state index in [0.29, 0.717) is 19.0 Å². The number of halogens is 2. The molecule has 0 atom stereocenters. The monoisotopic (exact) mass is 243 g/mol. The maximum Gasteiger partial charge on any atom is 0.168 e. The fourth-order valence-electron chi connectivity index (χ4n) is 1.65. The highest BCUT2D eigenvalue weighted by molar-refractivity contribution is 5.48. The van der Waals surface area contributed by atoms with Crippen molar-refractivity contribution in [3.63, 3.8) is 0 Å². The van der Waals surface area contributed by atoms with E-state index in [0.717, 1.165) is 6.07 Å². The molecule has 1 aromatic rings. The lowest BCUT2D eigenvalue weighted by Crippen LogP contribution is -2.25. The van der Waals surface area contributed by atoms with Crippen LogP contribution in [0.3, 0.4) is 0 Å². The minimum Gasteiger partial charge on any atom is -0.368 e. The number of pyridine rings is 1. The zero-order valence-electron chi connectivity index (χ0n) is 10.7. The zero-order chi connectivity index (χ0) is 13.0. The highest BCUT2D eigenvalue weighted by Gasteiger charge is 2.15. The van der Waals surface area contributed by atoms with Crippen molar-refractivity contribution < 1.29 is 8.78 Å². The van der Waals surface area contributed by atoms with Crippen LogP contribution in [0.25, 0.3) is 0 Å². The SMILES string of the molecule is CCNc1nc(N(C)CC(C)C)c(F)cc1F. The van der Waals surface area contributed by atoms with Crippen molar-refractivity contribution >= 4 is 11.6 Å². The molecule has 0 amide bonds. The molecule has 0 radical (unpaired) electrons. The van der Waals surface area contributed by atoms with Gasteiger partial charge in [0.1, 0.15) is 0 Å². The lowest BCUT2D eigenvalue weighted by molar-refractivity contribution is 0.563. The van der Waals surface area contributed by atoms with E-state index in [2.05, 4.69) is 10.3 Å². The Hall–Kier alpha value is -1.39. The van der Waals surface area contributed by atoms with Gasteiger partial charge in [-0.1, -0.05) is 13.8 Å². The number of hydrogen-bond acceptors (Lipinski definition) is 3. The average molecular weight is 243 g/mol. The molecular formula is C12H19F2N3. The molecule has 1 heterocycles. The Labute approximate surface area is 101 Å². The van der Waals surface area contributed by atoms with E-state index in [-0.39, 0.29) is 11.6 Å². The Bertz CT molecular complexity index is 380. The summed E-state index contributed by atoms with van der Waals surface area (Å²) in [5, 5.41) is 2.77. The van der Waals surface area contributed by atoms with Crippen LogP contribution in [0.15, 0.2) is 6.07 Å². The first-order valence-electron chi connectivity index (χ1n) is 5.76. The number of rotatable bonds is 5. The lowest BCUT2D eigenvalue weighted by atomic mass is 10.2. The molecule has 0 fully saturated rings. The van der Waals surface area contributed by atoms with Gasteiger partial charge in [0.2, 0.25) is 0 Å². The summed E-state index contributed by atoms with van der Waals surface area (Å²) in [7, 11) is 1.75. The predicted molar refractivity (Wildman–Crippen MR) is 66.4 cm³/mol. The Morgan fingerprint density at radius 2 is 2.00 bits per heavy atom. The van der Waals surface area contributed by atoms with Crippen molar-refractivity contribution in [3.05, 3.63) is 17.7 Å². The van der Waals surface area contributed by atoms with Crippen LogP contribution in [0.2, 0.25) is 0 Å². The van der Waals surface area contributed by atoms with Crippen molar-refractivity contribution in [2.45, 2.75) is 20.8 Å². The summed E-state index contributed by atoms with van der Waals surface area (Å²) in [6, 6.07) is 0.872. The number of anilines is 2. The van der Waals surface area contributed by atoms with Gasteiger partial charge in [-0.2, -0.15) is 0 Å². The molecule has 0 aliphatic carbocycles. The quantitative estimate of drug-likeness (QED) is 0.862. The predicted octanol–water partition coefficient (Wildman–Crippen LogP) is 2.88. The summed E-state index contributed by atoms with van der Waals surface area (Å²) < 4.78 is 27.0. The molecule has 0 unspecified atom stereocenters. The van der Waals surface area contributed by atoms with Gasteiger partial charge in [-0.05, 0) is 12.8 Å². The maximum atomic E-state index is 13.6. The van der Waals surface area contributed by atoms with Gasteiger partial charge in [-0.15, -0.1) is 0 Å². The molecule has 1 rings (SSSR count). The van der Waals surface area contributed by atoms with Gasteiger partial charge in [0.25, 0.3) is 0 Å². The average Bonchev–Trinajstić information content (AvgIpc) is 2.21. The van der Waals surface area contributed by atoms with E-state index in [1.54, 1.807) is 11.9 Å². The van der Waals surface area contributed by atoms with E-state index in [1.807, 2.05) is 20.8 Å². The van der Waals surface area contributed by atoms with Gasteiger partial charge in [0, 0.05) is 26.2 Å². The molecule has 0 saturated heterocycles. The van der Waals surface area contributed by atoms with E-state index in [1.165, 1.54) is 0 Å². The van der Waals surface area contributed by atoms with E-state index >= 15 is 0 Å². The van der Waals surface area contributed by atoms with Crippen LogP contribution in [0.1, 0.15) is 20.8 Å². The van der Waals surface area contributed by atoms with Crippen LogP contribution in [0, 0.1) is 17.6 Å². The molecule has 1 N–H and O–H groups in total. The number of nitrogens with one attached hydrogen (secondary N) is 1. The summed E-state index contributed by atoms with van der Waals surface area (Å²) in [5.74, 6) is -0.636. The molecule has 1 aromatic heterocycles. The summed E-state index contributed by atoms with van der Waals surface area (Å²) in [5.41, 5.74) is 0. The first-order chi connectivity index (χ1) is 7.95. The summed E-state index contributed by atoms with van der Waals surface area (Å²) in [6.45, 7) is 7.11. The fraction of sp³-hybridized carbons (Fsp3) is 0.583. The van der Waals surface area contributed by atoms with Crippen molar-refractivity contribution in [1.82, 2.24) is 4.98 Å². The Kier molecular flexibility index (Phi) is 4.66. The summed E-state index contributed by atoms with van der Waals surface area (Å²) in [4.78, 5) is 5.67. The van der Waals surface area contributed by atoms with Crippen LogP contribution < -0.4 is 10.2 Å². The highest BCUT2D eigenvalue weighted by Crippen LogP contribution is 2.22. The van der Waals surface area contributed by atoms with E-state index < -0.39 is 11.6 Å². The van der Waals surface area contributed by atoms with Crippen LogP contribution in [0.4, 0.5) is 20.4 Å². The molecule has 0 aliphatic heterocycles. The number of nitrogens with zero attached hydrogens (tertiary/aromatic N) is 2. The molecule has 5 heteroatoms. The van der Waals surface area contributed by atoms with E-state index in [9.17, 15) is 8.78 Å². The van der Waals surface area contributed by atoms with Crippen LogP contribution in [-0.2, 0) is 0 Å². The van der Waals surface area contributed by atoms with Gasteiger partial charge in [-0.3, -0.25) is 0 Å². The van der Waals surface area contributed by atoms with Crippen molar-refractivity contribution in [1.29, 1.82) is 0 Å². The molecule has 17 heavy (non-hydrogen) atoms. The minimum atomic E-state index is -0.661. The fourth-order valence-corrected chi connectivity index (χ4v) is 1.65. The van der Waals surface area contributed by atoms with Crippen molar-refractivity contribution in [3.8, 4) is 0 Å². The highest BCUT2D eigenvalue weighted by atomic mass is 19.1. The number of hydrogen-bond donors (Lipinski definition) is 1. The van der Waals surface area contributed by atoms with Crippen molar-refractivity contribution in [2.75, 3.05) is 30.4 Å². The summed E-state index contributed by atoms with van der Waals surface area (Å²) >= 11 is 0. The van der Waals surface area contributed by atoms with E-state index in [4.69, 9.17) is 0 Å². The maximum absolute atomic E-state index is 13.6. The molecule has 0 saturated carbocycles. The third-order valence-corrected chi connectivity index (χ3v) is 2.26. The van der Waals surface area contributed by atoms with Crippen LogP contribution in [-0.4, -0.2) is 25.1 Å². The van der Waals surface area contributed by atoms with Crippen molar-refractivity contribution in [2.24, 2.45) is 5.92 Å². The van der Waals surface area contributed by atoms with Gasteiger partial charge in [0.05, 0.1) is 0 Å². The van der Waals surface area contributed by atoms with Gasteiger partial charge in [0.15, 0.2) is 23.3 Å². The lowest BCUT2D eigenvalue weighted by Gasteiger charge is -2.21. The van der Waals surface area contributed by atoms with Gasteiger partial charge < -0.3 is 10.2 Å². The molecule has 0 spiro atoms. The second-order valence-electron chi connectivity index (χ2n) is 4.43. The summed E-state index contributed by atoms with van der Waals surface area (Å²) in [6.07, 6.45) is 0. The normalized spacial score (nSPS) is 10.8. The number of aromatic nitrogens is 1. The third kappa shape index (κ3) is 3.54. The first kappa shape index (κ1) is 13.7. The Morgan fingerprint density at radius 1 is 1.35 bits per heavy atom. The second-order valence-corrected chi connectivity index (χ2v) is 4.43. The Morgan fingerprint density at radius 3 is 2.53 bits per heavy atom. The van der Waals surface area contributed by atoms with Crippen LogP contribution >= 0.6 is 0 Å². The molecular weight excluding hydrogens is 224 g/mol. The third-order valence-electron chi connectivity index (χ3n) is 2.26. The molecule has 3 nitrogen and oxygen atoms in total. The molecule has 0 aromatic carbocycles. The standard InChI is InChI=1S/C12H19F2N3/c1-5-15-11-9(13)6-10(14)12(16-11)17(4)7-8(2)3/h6,8H,5,7H2,1-4H3,(H,15,16). The topological polar surface area (TPSA) is 28.2 Å². The first-order valence-corrected chi connectivity index (χ1v) is 5.76. The second kappa shape index (κ2) is 5.80. The van der Waals surface area contributed by atoms with Gasteiger partial charge in [-0.25, -0.2) is 13.8 Å². The molecule has 0 bridgehead atoms. The van der Waals surface area contributed by atoms with Gasteiger partial charge >= 0.3 is 0 Å².